The van der Waals surface area contributed by atoms with Crippen molar-refractivity contribution in [1.29, 1.82) is 0 Å². The van der Waals surface area contributed by atoms with E-state index in [0.29, 0.717) is 5.69 Å². The summed E-state index contributed by atoms with van der Waals surface area (Å²) in [6.45, 7) is 3.65. The largest absolute Gasteiger partial charge is 0.489 e. The molecule has 0 amide bonds. The van der Waals surface area contributed by atoms with Gasteiger partial charge in [0.05, 0.1) is 11.9 Å². The molecule has 168 valence electrons. The lowest BCUT2D eigenvalue weighted by atomic mass is 10.0. The van der Waals surface area contributed by atoms with Crippen LogP contribution in [0.5, 0.6) is 5.75 Å². The Morgan fingerprint density at radius 3 is 2.32 bits per heavy atom. The van der Waals surface area contributed by atoms with Gasteiger partial charge in [-0.2, -0.15) is 0 Å². The van der Waals surface area contributed by atoms with Gasteiger partial charge in [0.25, 0.3) is 0 Å². The Morgan fingerprint density at radius 2 is 1.74 bits per heavy atom. The third-order valence-electron chi connectivity index (χ3n) is 4.40. The molecule has 0 fully saturated rings. The molecule has 0 saturated heterocycles. The van der Waals surface area contributed by atoms with Crippen LogP contribution >= 0.6 is 0 Å². The monoisotopic (exact) mass is 450 g/mol. The summed E-state index contributed by atoms with van der Waals surface area (Å²) in [6.07, 6.45) is 3.12. The van der Waals surface area contributed by atoms with Gasteiger partial charge in [-0.15, -0.1) is 0 Å². The van der Waals surface area contributed by atoms with Crippen LogP contribution in [0.25, 0.3) is 0 Å². The number of fused-ring (bicyclic) bond motifs is 1. The number of rotatable bonds is 6. The number of carboxylic acid groups (broad SMARTS) is 2. The quantitative estimate of drug-likeness (QED) is 0.490. The zero-order chi connectivity index (χ0) is 23.0. The van der Waals surface area contributed by atoms with Gasteiger partial charge in [-0.3, -0.25) is 4.72 Å². The van der Waals surface area contributed by atoms with Crippen LogP contribution in [0.3, 0.4) is 0 Å². The Bertz CT molecular complexity index is 1010. The number of carbonyl (C=O) groups is 2. The van der Waals surface area contributed by atoms with E-state index in [1.54, 1.807) is 12.1 Å². The minimum Gasteiger partial charge on any atom is -0.489 e. The van der Waals surface area contributed by atoms with Crippen molar-refractivity contribution in [1.82, 2.24) is 5.32 Å². The number of benzene rings is 2. The molecule has 0 aromatic heterocycles. The van der Waals surface area contributed by atoms with Crippen LogP contribution in [-0.2, 0) is 32.6 Å². The molecular formula is C21H26N2O7S. The van der Waals surface area contributed by atoms with Crippen LogP contribution in [0, 0.1) is 6.92 Å². The van der Waals surface area contributed by atoms with Crippen molar-refractivity contribution < 1.29 is 33.0 Å². The summed E-state index contributed by atoms with van der Waals surface area (Å²) >= 11 is 0. The van der Waals surface area contributed by atoms with E-state index < -0.39 is 22.0 Å². The topological polar surface area (TPSA) is 142 Å². The molecule has 0 radical (unpaired) electrons. The van der Waals surface area contributed by atoms with Gasteiger partial charge in [0.2, 0.25) is 10.0 Å². The predicted molar refractivity (Wildman–Crippen MR) is 116 cm³/mol. The standard InChI is InChI=1S/C19H24N2O3S.C2H2O4/c1-14-3-5-15(6-4-14)12-20-13-18-10-8-16-7-9-17(11-19(16)24-18)21-25(2,22)23;3-1(4)2(5)6/h3-7,9,11,18,20-21H,8,10,12-13H2,1-2H3;(H,3,4)(H,5,6). The second-order valence-corrected chi connectivity index (χ2v) is 8.95. The van der Waals surface area contributed by atoms with Crippen molar-refractivity contribution in [2.75, 3.05) is 17.5 Å². The Labute approximate surface area is 181 Å². The maximum absolute atomic E-state index is 11.4. The van der Waals surface area contributed by atoms with Gasteiger partial charge in [-0.25, -0.2) is 18.0 Å². The normalized spacial score (nSPS) is 15.0. The smallest absolute Gasteiger partial charge is 0.414 e. The molecule has 31 heavy (non-hydrogen) atoms. The Morgan fingerprint density at radius 1 is 1.10 bits per heavy atom. The van der Waals surface area contributed by atoms with E-state index in [9.17, 15) is 8.42 Å². The first-order valence-electron chi connectivity index (χ1n) is 9.53. The molecule has 1 atom stereocenters. The first-order chi connectivity index (χ1) is 14.5. The fraction of sp³-hybridized carbons (Fsp3) is 0.333. The second-order valence-electron chi connectivity index (χ2n) is 7.20. The van der Waals surface area contributed by atoms with Crippen molar-refractivity contribution in [3.63, 3.8) is 0 Å². The molecular weight excluding hydrogens is 424 g/mol. The van der Waals surface area contributed by atoms with Gasteiger partial charge in [0.1, 0.15) is 11.9 Å². The molecule has 4 N–H and O–H groups in total. The van der Waals surface area contributed by atoms with Crippen molar-refractivity contribution >= 4 is 27.6 Å². The number of aryl methyl sites for hydroxylation is 2. The summed E-state index contributed by atoms with van der Waals surface area (Å²) < 4.78 is 31.3. The van der Waals surface area contributed by atoms with E-state index in [-0.39, 0.29) is 6.10 Å². The number of sulfonamides is 1. The molecule has 9 nitrogen and oxygen atoms in total. The third-order valence-corrected chi connectivity index (χ3v) is 5.01. The summed E-state index contributed by atoms with van der Waals surface area (Å²) in [7, 11) is -3.28. The average molecular weight is 451 g/mol. The number of nitrogens with one attached hydrogen (secondary N) is 2. The van der Waals surface area contributed by atoms with Crippen LogP contribution in [0.4, 0.5) is 5.69 Å². The Hall–Kier alpha value is -3.11. The summed E-state index contributed by atoms with van der Waals surface area (Å²) in [6, 6.07) is 14.0. The van der Waals surface area contributed by atoms with E-state index >= 15 is 0 Å². The second kappa shape index (κ2) is 10.8. The highest BCUT2D eigenvalue weighted by molar-refractivity contribution is 7.92. The highest BCUT2D eigenvalue weighted by Gasteiger charge is 2.20. The molecule has 3 rings (SSSR count). The van der Waals surface area contributed by atoms with E-state index in [4.69, 9.17) is 24.5 Å². The van der Waals surface area contributed by atoms with Crippen molar-refractivity contribution in [2.45, 2.75) is 32.4 Å². The number of ether oxygens (including phenoxy) is 1. The first kappa shape index (κ1) is 24.2. The molecule has 1 aliphatic rings. The molecule has 10 heteroatoms. The van der Waals surface area contributed by atoms with E-state index in [0.717, 1.165) is 43.5 Å². The van der Waals surface area contributed by atoms with Gasteiger partial charge in [0.15, 0.2) is 0 Å². The third kappa shape index (κ3) is 8.65. The average Bonchev–Trinajstić information content (AvgIpc) is 2.68. The van der Waals surface area contributed by atoms with Gasteiger partial charge in [-0.1, -0.05) is 35.9 Å². The van der Waals surface area contributed by atoms with Crippen LogP contribution in [-0.4, -0.2) is 49.5 Å². The van der Waals surface area contributed by atoms with Crippen LogP contribution in [0.2, 0.25) is 0 Å². The SMILES string of the molecule is Cc1ccc(CNCC2CCc3ccc(NS(C)(=O)=O)cc3O2)cc1.O=C(O)C(=O)O. The molecule has 1 heterocycles. The summed E-state index contributed by atoms with van der Waals surface area (Å²) in [4.78, 5) is 18.2. The minimum absolute atomic E-state index is 0.0893. The van der Waals surface area contributed by atoms with Crippen LogP contribution in [0.15, 0.2) is 42.5 Å². The Balaban J connectivity index is 0.000000501. The summed E-state index contributed by atoms with van der Waals surface area (Å²) in [5.41, 5.74) is 4.17. The van der Waals surface area contributed by atoms with Gasteiger partial charge in [0, 0.05) is 19.2 Å². The fourth-order valence-electron chi connectivity index (χ4n) is 2.93. The lowest BCUT2D eigenvalue weighted by molar-refractivity contribution is -0.159. The molecule has 1 aliphatic heterocycles. The zero-order valence-corrected chi connectivity index (χ0v) is 18.1. The van der Waals surface area contributed by atoms with E-state index in [1.807, 2.05) is 6.07 Å². The van der Waals surface area contributed by atoms with Crippen LogP contribution in [0.1, 0.15) is 23.1 Å². The fourth-order valence-corrected chi connectivity index (χ4v) is 3.49. The molecule has 1 unspecified atom stereocenters. The van der Waals surface area contributed by atoms with Crippen molar-refractivity contribution in [3.8, 4) is 5.75 Å². The molecule has 0 saturated carbocycles. The minimum atomic E-state index is -3.28. The number of carboxylic acids is 2. The molecule has 0 bridgehead atoms. The molecule has 2 aromatic rings. The van der Waals surface area contributed by atoms with Gasteiger partial charge >= 0.3 is 11.9 Å². The van der Waals surface area contributed by atoms with Crippen molar-refractivity contribution in [2.24, 2.45) is 0 Å². The van der Waals surface area contributed by atoms with Gasteiger partial charge in [-0.05, 0) is 37.0 Å². The number of aliphatic carboxylic acids is 2. The summed E-state index contributed by atoms with van der Waals surface area (Å²) in [5.74, 6) is -2.88. The highest BCUT2D eigenvalue weighted by atomic mass is 32.2. The number of hydrogen-bond donors (Lipinski definition) is 4. The molecule has 0 spiro atoms. The predicted octanol–water partition coefficient (Wildman–Crippen LogP) is 2.01. The van der Waals surface area contributed by atoms with E-state index in [2.05, 4.69) is 41.2 Å². The van der Waals surface area contributed by atoms with Crippen LogP contribution < -0.4 is 14.8 Å². The summed E-state index contributed by atoms with van der Waals surface area (Å²) in [5, 5.41) is 18.2. The molecule has 0 aliphatic carbocycles. The lowest BCUT2D eigenvalue weighted by Gasteiger charge is -2.27. The maximum atomic E-state index is 11.4. The zero-order valence-electron chi connectivity index (χ0n) is 17.3. The first-order valence-corrected chi connectivity index (χ1v) is 11.4. The Kier molecular flexibility index (Phi) is 8.40. The molecule has 2 aromatic carbocycles. The van der Waals surface area contributed by atoms with E-state index in [1.165, 1.54) is 11.1 Å². The number of anilines is 1. The highest BCUT2D eigenvalue weighted by Crippen LogP contribution is 2.30. The van der Waals surface area contributed by atoms with Gasteiger partial charge < -0.3 is 20.3 Å². The lowest BCUT2D eigenvalue weighted by Crippen LogP contribution is -2.34. The van der Waals surface area contributed by atoms with Crippen molar-refractivity contribution in [3.05, 3.63) is 59.2 Å². The maximum Gasteiger partial charge on any atom is 0.414 e. The number of hydrogen-bond acceptors (Lipinski definition) is 6.